The predicted octanol–water partition coefficient (Wildman–Crippen LogP) is 8.89. The van der Waals surface area contributed by atoms with Gasteiger partial charge in [0.15, 0.2) is 0 Å². The summed E-state index contributed by atoms with van der Waals surface area (Å²) in [7, 11) is 0. The van der Waals surface area contributed by atoms with E-state index in [2.05, 4.69) is 13.8 Å². The molecule has 16 atom stereocenters. The van der Waals surface area contributed by atoms with Crippen LogP contribution in [0.4, 0.5) is 0 Å². The first kappa shape index (κ1) is 43.9. The van der Waals surface area contributed by atoms with Gasteiger partial charge in [-0.15, -0.1) is 0 Å². The van der Waals surface area contributed by atoms with Gasteiger partial charge in [0, 0.05) is 19.1 Å². The van der Waals surface area contributed by atoms with E-state index >= 15 is 0 Å². The summed E-state index contributed by atoms with van der Waals surface area (Å²) >= 11 is 0. The van der Waals surface area contributed by atoms with E-state index in [1.54, 1.807) is 0 Å². The van der Waals surface area contributed by atoms with Gasteiger partial charge in [0.1, 0.15) is 0 Å². The molecule has 0 aromatic rings. The molecule has 8 aliphatic rings. The molecule has 8 rings (SSSR count). The van der Waals surface area contributed by atoms with Crippen LogP contribution in [0.2, 0.25) is 0 Å². The fourth-order valence-corrected chi connectivity index (χ4v) is 15.6. The Labute approximate surface area is 328 Å². The number of nitrogens with two attached hydrogens (primary N) is 1. The van der Waals surface area contributed by atoms with Gasteiger partial charge in [0.25, 0.3) is 0 Å². The Kier molecular flexibility index (Phi) is 13.8. The molecule has 0 aromatic heterocycles. The standard InChI is InChI=1S/C22H37NO3.C22H36O4.2CH4/c2*1-3-26-13-22(25)11-9-15-14(12-22)4-5-17-16(15)8-10-21(2)18(17)6-7-19(21)20(23)24;;/h14-19,25H,3-13H2,1-2H3,(H2,23,24);14-19,25H,3-13H2,1-2H3,(H,23,24);2*1H4/t2*14-,15+,16-,17-,18+,19-,21+,22-;;/m11../s1. The third kappa shape index (κ3) is 7.83. The lowest BCUT2D eigenvalue weighted by atomic mass is 9.49. The molecule has 0 spiro atoms. The molecule has 0 aromatic carbocycles. The summed E-state index contributed by atoms with van der Waals surface area (Å²) in [6.45, 7) is 11.0. The second kappa shape index (κ2) is 16.9. The molecule has 5 N–H and O–H groups in total. The number of carbonyl (C=O) groups excluding carboxylic acids is 1. The fourth-order valence-electron chi connectivity index (χ4n) is 15.6. The van der Waals surface area contributed by atoms with Crippen LogP contribution in [0, 0.1) is 81.8 Å². The van der Waals surface area contributed by atoms with Crippen molar-refractivity contribution in [3.05, 3.63) is 0 Å². The minimum Gasteiger partial charge on any atom is -0.481 e. The Bertz CT molecular complexity index is 1200. The maximum Gasteiger partial charge on any atom is 0.307 e. The van der Waals surface area contributed by atoms with Crippen LogP contribution in [-0.2, 0) is 19.1 Å². The summed E-state index contributed by atoms with van der Waals surface area (Å²) in [5.74, 6) is 6.48. The Morgan fingerprint density at radius 2 is 0.981 bits per heavy atom. The molecule has 54 heavy (non-hydrogen) atoms. The first-order valence-electron chi connectivity index (χ1n) is 21.9. The highest BCUT2D eigenvalue weighted by Crippen LogP contribution is 2.66. The molecule has 8 aliphatic carbocycles. The van der Waals surface area contributed by atoms with E-state index in [0.717, 1.165) is 99.7 Å². The number of amides is 1. The van der Waals surface area contributed by atoms with Crippen molar-refractivity contribution in [2.45, 2.75) is 169 Å². The van der Waals surface area contributed by atoms with Gasteiger partial charge in [-0.05, 0) is 199 Å². The monoisotopic (exact) mass is 760 g/mol. The van der Waals surface area contributed by atoms with Crippen molar-refractivity contribution in [3.8, 4) is 0 Å². The number of rotatable bonds is 8. The first-order chi connectivity index (χ1) is 24.8. The molecule has 0 radical (unpaired) electrons. The molecule has 0 bridgehead atoms. The van der Waals surface area contributed by atoms with Crippen LogP contribution in [0.1, 0.15) is 158 Å². The molecule has 1 amide bonds. The lowest BCUT2D eigenvalue weighted by molar-refractivity contribution is -0.152. The van der Waals surface area contributed by atoms with Crippen molar-refractivity contribution in [3.63, 3.8) is 0 Å². The van der Waals surface area contributed by atoms with Gasteiger partial charge < -0.3 is 30.5 Å². The van der Waals surface area contributed by atoms with E-state index in [4.69, 9.17) is 15.2 Å². The SMILES string of the molecule is C.C.CCOC[C@@]1(O)CC[C@H]2[C@H](CC[C@@H]3[C@@H]2CC[C@]2(C)[C@@H](C(=O)O)CC[C@@H]32)C1.CCOC[C@@]1(O)CC[C@H]2[C@H](CC[C@@H]3[C@@H]2CC[C@]2(C)[C@@H](C(N)=O)CC[C@@H]32)C1. The topological polar surface area (TPSA) is 139 Å². The van der Waals surface area contributed by atoms with Gasteiger partial charge in [-0.1, -0.05) is 28.7 Å². The van der Waals surface area contributed by atoms with E-state index in [1.165, 1.54) is 51.4 Å². The van der Waals surface area contributed by atoms with Crippen molar-refractivity contribution in [2.24, 2.45) is 87.6 Å². The molecule has 8 heteroatoms. The number of ether oxygens (including phenoxy) is 2. The molecule has 8 saturated carbocycles. The molecule has 0 saturated heterocycles. The Morgan fingerprint density at radius 3 is 1.39 bits per heavy atom. The Hall–Kier alpha value is -1.22. The highest BCUT2D eigenvalue weighted by Gasteiger charge is 2.60. The van der Waals surface area contributed by atoms with E-state index in [9.17, 15) is 24.9 Å². The summed E-state index contributed by atoms with van der Waals surface area (Å²) in [4.78, 5) is 23.8. The van der Waals surface area contributed by atoms with Gasteiger partial charge in [-0.25, -0.2) is 0 Å². The second-order valence-electron chi connectivity index (χ2n) is 20.2. The van der Waals surface area contributed by atoms with E-state index in [1.807, 2.05) is 13.8 Å². The van der Waals surface area contributed by atoms with Crippen LogP contribution >= 0.6 is 0 Å². The molecule has 0 heterocycles. The maximum absolute atomic E-state index is 12.0. The smallest absolute Gasteiger partial charge is 0.307 e. The minimum absolute atomic E-state index is 0. The third-order valence-electron chi connectivity index (χ3n) is 18.0. The van der Waals surface area contributed by atoms with E-state index < -0.39 is 17.2 Å². The van der Waals surface area contributed by atoms with Crippen molar-refractivity contribution in [2.75, 3.05) is 26.4 Å². The largest absolute Gasteiger partial charge is 0.481 e. The number of aliphatic carboxylic acids is 1. The van der Waals surface area contributed by atoms with Crippen LogP contribution in [0.25, 0.3) is 0 Å². The maximum atomic E-state index is 12.0. The summed E-state index contributed by atoms with van der Waals surface area (Å²) in [6, 6.07) is 0. The molecule has 0 unspecified atom stereocenters. The molecule has 8 fully saturated rings. The van der Waals surface area contributed by atoms with Gasteiger partial charge in [0.05, 0.1) is 30.3 Å². The average molecular weight is 760 g/mol. The third-order valence-corrected chi connectivity index (χ3v) is 18.0. The number of fused-ring (bicyclic) bond motifs is 10. The second-order valence-corrected chi connectivity index (χ2v) is 20.2. The Morgan fingerprint density at radius 1 is 0.574 bits per heavy atom. The van der Waals surface area contributed by atoms with Gasteiger partial charge in [-0.3, -0.25) is 9.59 Å². The molecular formula is C46H81NO7. The quantitative estimate of drug-likeness (QED) is 0.194. The van der Waals surface area contributed by atoms with Crippen LogP contribution in [-0.4, -0.2) is 64.8 Å². The van der Waals surface area contributed by atoms with Crippen LogP contribution in [0.3, 0.4) is 0 Å². The zero-order valence-corrected chi connectivity index (χ0v) is 33.0. The van der Waals surface area contributed by atoms with Crippen molar-refractivity contribution >= 4 is 11.9 Å². The highest BCUT2D eigenvalue weighted by atomic mass is 16.5. The Balaban J connectivity index is 0.000000200. The van der Waals surface area contributed by atoms with Crippen molar-refractivity contribution in [1.29, 1.82) is 0 Å². The van der Waals surface area contributed by atoms with Crippen LogP contribution in [0.15, 0.2) is 0 Å². The normalized spacial score (nSPS) is 48.7. The number of primary amides is 1. The fraction of sp³-hybridized carbons (Fsp3) is 0.957. The lowest BCUT2D eigenvalue weighted by Crippen LogP contribution is -2.52. The predicted molar refractivity (Wildman–Crippen MR) is 214 cm³/mol. The number of aliphatic hydroxyl groups is 2. The molecular weight excluding hydrogens is 679 g/mol. The zero-order chi connectivity index (χ0) is 37.1. The van der Waals surface area contributed by atoms with Gasteiger partial charge in [0.2, 0.25) is 5.91 Å². The lowest BCUT2D eigenvalue weighted by Gasteiger charge is -2.57. The first-order valence-corrected chi connectivity index (χ1v) is 21.9. The number of hydrogen-bond acceptors (Lipinski definition) is 6. The van der Waals surface area contributed by atoms with Crippen molar-refractivity contribution in [1.82, 2.24) is 0 Å². The highest BCUT2D eigenvalue weighted by molar-refractivity contribution is 5.78. The van der Waals surface area contributed by atoms with E-state index in [-0.39, 0.29) is 43.4 Å². The number of carboxylic acid groups (broad SMARTS) is 1. The number of carboxylic acids is 1. The summed E-state index contributed by atoms with van der Waals surface area (Å²) < 4.78 is 11.1. The summed E-state index contributed by atoms with van der Waals surface area (Å²) in [5, 5.41) is 31.6. The van der Waals surface area contributed by atoms with Crippen molar-refractivity contribution < 1.29 is 34.4 Å². The number of hydrogen-bond donors (Lipinski definition) is 4. The van der Waals surface area contributed by atoms with Crippen LogP contribution < -0.4 is 5.73 Å². The van der Waals surface area contributed by atoms with Crippen LogP contribution in [0.5, 0.6) is 0 Å². The minimum atomic E-state index is -0.616. The summed E-state index contributed by atoms with van der Waals surface area (Å²) in [6.07, 6.45) is 19.7. The average Bonchev–Trinajstić information content (AvgIpc) is 3.67. The van der Waals surface area contributed by atoms with E-state index in [0.29, 0.717) is 50.1 Å². The molecule has 8 nitrogen and oxygen atoms in total. The molecule has 0 aliphatic heterocycles. The van der Waals surface area contributed by atoms with Gasteiger partial charge >= 0.3 is 5.97 Å². The van der Waals surface area contributed by atoms with Gasteiger partial charge in [-0.2, -0.15) is 0 Å². The summed E-state index contributed by atoms with van der Waals surface area (Å²) in [5.41, 5.74) is 4.70. The molecule has 312 valence electrons. The number of carbonyl (C=O) groups is 2. The zero-order valence-electron chi connectivity index (χ0n) is 33.0.